The van der Waals surface area contributed by atoms with E-state index in [2.05, 4.69) is 0 Å². The molecule has 0 heterocycles. The summed E-state index contributed by atoms with van der Waals surface area (Å²) in [5.74, 6) is -2.29. The van der Waals surface area contributed by atoms with Gasteiger partial charge in [-0.05, 0) is 20.8 Å². The first-order valence-electron chi connectivity index (χ1n) is 5.52. The highest BCUT2D eigenvalue weighted by atomic mass is 16.6. The van der Waals surface area contributed by atoms with Gasteiger partial charge in [0.25, 0.3) is 5.91 Å². The summed E-state index contributed by atoms with van der Waals surface area (Å²) in [5, 5.41) is 0. The molecule has 0 spiro atoms. The summed E-state index contributed by atoms with van der Waals surface area (Å²) in [6.07, 6.45) is -0.0737. The Labute approximate surface area is 102 Å². The van der Waals surface area contributed by atoms with Crippen molar-refractivity contribution >= 4 is 17.7 Å². The van der Waals surface area contributed by atoms with Gasteiger partial charge in [-0.15, -0.1) is 0 Å². The van der Waals surface area contributed by atoms with E-state index >= 15 is 0 Å². The van der Waals surface area contributed by atoms with Crippen molar-refractivity contribution in [3.63, 3.8) is 0 Å². The Morgan fingerprint density at radius 3 is 2.00 bits per heavy atom. The van der Waals surface area contributed by atoms with Gasteiger partial charge in [0.15, 0.2) is 0 Å². The van der Waals surface area contributed by atoms with Gasteiger partial charge in [0.05, 0.1) is 6.42 Å². The number of hydrogen-bond donors (Lipinski definition) is 0. The van der Waals surface area contributed by atoms with Gasteiger partial charge in [-0.25, -0.2) is 0 Å². The van der Waals surface area contributed by atoms with Crippen LogP contribution in [-0.2, 0) is 19.1 Å². The SMILES string of the molecule is C[C@H](CC(=O)OC(C)(C)C)C(=O)C(=O)N(C)C. The Kier molecular flexibility index (Phi) is 5.32. The average molecular weight is 243 g/mol. The molecule has 0 saturated carbocycles. The van der Waals surface area contributed by atoms with E-state index < -0.39 is 29.2 Å². The van der Waals surface area contributed by atoms with Crippen LogP contribution in [0.3, 0.4) is 0 Å². The van der Waals surface area contributed by atoms with E-state index in [0.717, 1.165) is 0 Å². The largest absolute Gasteiger partial charge is 0.460 e. The van der Waals surface area contributed by atoms with Crippen molar-refractivity contribution in [2.45, 2.75) is 39.7 Å². The van der Waals surface area contributed by atoms with Gasteiger partial charge >= 0.3 is 5.97 Å². The predicted molar refractivity (Wildman–Crippen MR) is 63.3 cm³/mol. The summed E-state index contributed by atoms with van der Waals surface area (Å²) < 4.78 is 5.08. The molecule has 5 heteroatoms. The van der Waals surface area contributed by atoms with E-state index in [1.165, 1.54) is 19.0 Å². The van der Waals surface area contributed by atoms with Crippen LogP contribution in [0.1, 0.15) is 34.1 Å². The number of likely N-dealkylation sites (N-methyl/N-ethyl adjacent to an activating group) is 1. The number of ether oxygens (including phenoxy) is 1. The third-order valence-electron chi connectivity index (χ3n) is 1.96. The van der Waals surface area contributed by atoms with Crippen LogP contribution in [0.2, 0.25) is 0 Å². The van der Waals surface area contributed by atoms with E-state index in [-0.39, 0.29) is 6.42 Å². The molecule has 0 aromatic carbocycles. The maximum absolute atomic E-state index is 11.6. The van der Waals surface area contributed by atoms with Crippen molar-refractivity contribution in [2.24, 2.45) is 5.92 Å². The summed E-state index contributed by atoms with van der Waals surface area (Å²) in [4.78, 5) is 35.6. The minimum absolute atomic E-state index is 0.0737. The summed E-state index contributed by atoms with van der Waals surface area (Å²) in [6, 6.07) is 0. The zero-order valence-electron chi connectivity index (χ0n) is 11.4. The third-order valence-corrected chi connectivity index (χ3v) is 1.96. The van der Waals surface area contributed by atoms with Crippen LogP contribution < -0.4 is 0 Å². The molecule has 0 bridgehead atoms. The van der Waals surface area contributed by atoms with Gasteiger partial charge in [-0.2, -0.15) is 0 Å². The molecule has 0 fully saturated rings. The van der Waals surface area contributed by atoms with Crippen LogP contribution in [0.15, 0.2) is 0 Å². The van der Waals surface area contributed by atoms with Crippen molar-refractivity contribution < 1.29 is 19.1 Å². The maximum atomic E-state index is 11.6. The second-order valence-corrected chi connectivity index (χ2v) is 5.26. The van der Waals surface area contributed by atoms with Crippen molar-refractivity contribution in [1.29, 1.82) is 0 Å². The molecular formula is C12H21NO4. The lowest BCUT2D eigenvalue weighted by Gasteiger charge is -2.20. The van der Waals surface area contributed by atoms with Crippen molar-refractivity contribution in [2.75, 3.05) is 14.1 Å². The molecule has 0 aromatic rings. The van der Waals surface area contributed by atoms with Gasteiger partial charge in [-0.3, -0.25) is 14.4 Å². The Balaban J connectivity index is 4.36. The van der Waals surface area contributed by atoms with Crippen LogP contribution in [-0.4, -0.2) is 42.3 Å². The molecule has 0 N–H and O–H groups in total. The van der Waals surface area contributed by atoms with E-state index in [1.807, 2.05) is 0 Å². The van der Waals surface area contributed by atoms with Gasteiger partial charge in [0.1, 0.15) is 5.60 Å². The van der Waals surface area contributed by atoms with Crippen LogP contribution in [0, 0.1) is 5.92 Å². The number of amides is 1. The molecule has 98 valence electrons. The quantitative estimate of drug-likeness (QED) is 0.546. The van der Waals surface area contributed by atoms with E-state index in [1.54, 1.807) is 27.7 Å². The highest BCUT2D eigenvalue weighted by Crippen LogP contribution is 2.12. The molecular weight excluding hydrogens is 222 g/mol. The Hall–Kier alpha value is -1.39. The van der Waals surface area contributed by atoms with E-state index in [0.29, 0.717) is 0 Å². The van der Waals surface area contributed by atoms with E-state index in [9.17, 15) is 14.4 Å². The van der Waals surface area contributed by atoms with Crippen molar-refractivity contribution in [3.05, 3.63) is 0 Å². The number of ketones is 1. The molecule has 0 rings (SSSR count). The lowest BCUT2D eigenvalue weighted by atomic mass is 10.0. The minimum Gasteiger partial charge on any atom is -0.460 e. The summed E-state index contributed by atoms with van der Waals surface area (Å²) in [5.41, 5.74) is -0.578. The molecule has 0 aromatic heterocycles. The van der Waals surface area contributed by atoms with Gasteiger partial charge in [0, 0.05) is 20.0 Å². The fourth-order valence-electron chi connectivity index (χ4n) is 1.16. The van der Waals surface area contributed by atoms with Crippen LogP contribution >= 0.6 is 0 Å². The summed E-state index contributed by atoms with van der Waals surface area (Å²) in [6.45, 7) is 6.81. The standard InChI is InChI=1S/C12H21NO4/c1-8(10(15)11(16)13(5)6)7-9(14)17-12(2,3)4/h8H,7H2,1-6H3/t8-/m1/s1. The molecule has 0 aliphatic rings. The fourth-order valence-corrected chi connectivity index (χ4v) is 1.16. The third kappa shape index (κ3) is 6.04. The van der Waals surface area contributed by atoms with Crippen molar-refractivity contribution in [3.8, 4) is 0 Å². The lowest BCUT2D eigenvalue weighted by molar-refractivity contribution is -0.157. The molecule has 17 heavy (non-hydrogen) atoms. The fraction of sp³-hybridized carbons (Fsp3) is 0.750. The van der Waals surface area contributed by atoms with Crippen molar-refractivity contribution in [1.82, 2.24) is 4.90 Å². The summed E-state index contributed by atoms with van der Waals surface area (Å²) >= 11 is 0. The molecule has 1 atom stereocenters. The number of nitrogens with zero attached hydrogens (tertiary/aromatic N) is 1. The number of rotatable bonds is 4. The Morgan fingerprint density at radius 2 is 1.65 bits per heavy atom. The monoisotopic (exact) mass is 243 g/mol. The number of Topliss-reactive ketones (excluding diaryl/α,β-unsaturated/α-hetero) is 1. The lowest BCUT2D eigenvalue weighted by Crippen LogP contribution is -2.35. The van der Waals surface area contributed by atoms with Gasteiger partial charge in [0.2, 0.25) is 5.78 Å². The molecule has 0 aliphatic carbocycles. The zero-order chi connectivity index (χ0) is 13.8. The van der Waals surface area contributed by atoms with Gasteiger partial charge in [-0.1, -0.05) is 6.92 Å². The second kappa shape index (κ2) is 5.80. The zero-order valence-corrected chi connectivity index (χ0v) is 11.4. The summed E-state index contributed by atoms with van der Waals surface area (Å²) in [7, 11) is 3.00. The first kappa shape index (κ1) is 15.6. The molecule has 0 aliphatic heterocycles. The van der Waals surface area contributed by atoms with E-state index in [4.69, 9.17) is 4.74 Å². The van der Waals surface area contributed by atoms with Crippen LogP contribution in [0.4, 0.5) is 0 Å². The minimum atomic E-state index is -0.653. The number of carbonyl (C=O) groups is 3. The molecule has 0 saturated heterocycles. The van der Waals surface area contributed by atoms with Crippen LogP contribution in [0.25, 0.3) is 0 Å². The predicted octanol–water partition coefficient (Wildman–Crippen LogP) is 1.01. The molecule has 0 radical (unpaired) electrons. The Bertz CT molecular complexity index is 315. The highest BCUT2D eigenvalue weighted by Gasteiger charge is 2.27. The smallest absolute Gasteiger partial charge is 0.307 e. The van der Waals surface area contributed by atoms with Crippen LogP contribution in [0.5, 0.6) is 0 Å². The average Bonchev–Trinajstić information content (AvgIpc) is 2.11. The maximum Gasteiger partial charge on any atom is 0.307 e. The Morgan fingerprint density at radius 1 is 1.18 bits per heavy atom. The first-order chi connectivity index (χ1) is 7.54. The topological polar surface area (TPSA) is 63.7 Å². The van der Waals surface area contributed by atoms with Gasteiger partial charge < -0.3 is 9.64 Å². The molecule has 1 amide bonds. The normalized spacial score (nSPS) is 12.8. The number of hydrogen-bond acceptors (Lipinski definition) is 4. The highest BCUT2D eigenvalue weighted by molar-refractivity contribution is 6.36. The second-order valence-electron chi connectivity index (χ2n) is 5.26. The first-order valence-corrected chi connectivity index (χ1v) is 5.52. The molecule has 0 unspecified atom stereocenters. The molecule has 5 nitrogen and oxygen atoms in total. The number of esters is 1. The number of carbonyl (C=O) groups excluding carboxylic acids is 3.